The average Bonchev–Trinajstić information content (AvgIpc) is 3.26. The maximum absolute atomic E-state index is 13.1. The lowest BCUT2D eigenvalue weighted by Gasteiger charge is -2.28. The molecular weight excluding hydrogens is 304 g/mol. The van der Waals surface area contributed by atoms with Crippen LogP contribution in [-0.4, -0.2) is 21.8 Å². The third-order valence-corrected chi connectivity index (χ3v) is 4.53. The average molecular weight is 322 g/mol. The molecule has 24 heavy (non-hydrogen) atoms. The molecule has 122 valence electrons. The molecule has 1 aliphatic rings. The third kappa shape index (κ3) is 2.52. The van der Waals surface area contributed by atoms with Crippen molar-refractivity contribution in [1.29, 1.82) is 0 Å². The molecule has 2 aromatic heterocycles. The minimum absolute atomic E-state index is 0.163. The van der Waals surface area contributed by atoms with E-state index in [1.54, 1.807) is 18.4 Å². The molecule has 0 aliphatic heterocycles. The molecule has 3 aromatic rings. The van der Waals surface area contributed by atoms with E-state index in [2.05, 4.69) is 4.98 Å². The Kier molecular flexibility index (Phi) is 3.49. The number of carbonyl (C=O) groups excluding carboxylic acids is 1. The quantitative estimate of drug-likeness (QED) is 0.799. The van der Waals surface area contributed by atoms with Gasteiger partial charge < -0.3 is 14.3 Å². The number of nitrogens with one attached hydrogen (secondary N) is 1. The first-order valence-electron chi connectivity index (χ1n) is 8.13. The monoisotopic (exact) mass is 322 g/mol. The predicted octanol–water partition coefficient (Wildman–Crippen LogP) is 3.49. The second-order valence-corrected chi connectivity index (χ2v) is 6.23. The third-order valence-electron chi connectivity index (χ3n) is 4.53. The summed E-state index contributed by atoms with van der Waals surface area (Å²) in [5, 5.41) is 1.36. The minimum Gasteiger partial charge on any atom is -0.467 e. The smallest absolute Gasteiger partial charge is 0.271 e. The topological polar surface area (TPSA) is 66.3 Å². The molecule has 1 N–H and O–H groups in total. The molecule has 5 nitrogen and oxygen atoms in total. The highest BCUT2D eigenvalue weighted by molar-refractivity contribution is 5.96. The van der Waals surface area contributed by atoms with Crippen molar-refractivity contribution in [3.8, 4) is 0 Å². The highest BCUT2D eigenvalue weighted by Crippen LogP contribution is 2.35. The highest BCUT2D eigenvalue weighted by atomic mass is 16.3. The molecule has 1 amide bonds. The van der Waals surface area contributed by atoms with Gasteiger partial charge >= 0.3 is 0 Å². The van der Waals surface area contributed by atoms with Gasteiger partial charge in [0.05, 0.1) is 12.3 Å². The summed E-state index contributed by atoms with van der Waals surface area (Å²) >= 11 is 0. The van der Waals surface area contributed by atoms with Crippen molar-refractivity contribution in [2.45, 2.75) is 31.8 Å². The van der Waals surface area contributed by atoms with E-state index in [-0.39, 0.29) is 23.6 Å². The number of benzene rings is 1. The van der Waals surface area contributed by atoms with E-state index < -0.39 is 0 Å². The van der Waals surface area contributed by atoms with Gasteiger partial charge in [0.1, 0.15) is 11.5 Å². The molecule has 4 rings (SSSR count). The second-order valence-electron chi connectivity index (χ2n) is 6.23. The summed E-state index contributed by atoms with van der Waals surface area (Å²) in [4.78, 5) is 29.9. The van der Waals surface area contributed by atoms with Crippen molar-refractivity contribution in [3.63, 3.8) is 0 Å². The number of fused-ring (bicyclic) bond motifs is 1. The SMILES string of the molecule is C[C@@H](c1ccco1)N(C(=O)c1cc2ccccc2c(=O)[nH]1)C1CC1. The molecule has 0 unspecified atom stereocenters. The van der Waals surface area contributed by atoms with E-state index in [1.807, 2.05) is 42.2 Å². The van der Waals surface area contributed by atoms with Gasteiger partial charge in [-0.15, -0.1) is 0 Å². The molecule has 1 aliphatic carbocycles. The van der Waals surface area contributed by atoms with Crippen LogP contribution in [0.15, 0.2) is 57.9 Å². The van der Waals surface area contributed by atoms with Gasteiger partial charge in [-0.3, -0.25) is 9.59 Å². The number of furan rings is 1. The molecule has 1 aromatic carbocycles. The van der Waals surface area contributed by atoms with Gasteiger partial charge in [0.15, 0.2) is 0 Å². The molecular formula is C19H18N2O3. The van der Waals surface area contributed by atoms with Crippen LogP contribution in [-0.2, 0) is 0 Å². The van der Waals surface area contributed by atoms with Gasteiger partial charge in [-0.25, -0.2) is 0 Å². The lowest BCUT2D eigenvalue weighted by molar-refractivity contribution is 0.0646. The molecule has 0 spiro atoms. The highest BCUT2D eigenvalue weighted by Gasteiger charge is 2.38. The number of carbonyl (C=O) groups is 1. The maximum Gasteiger partial charge on any atom is 0.271 e. The Morgan fingerprint density at radius 2 is 2.04 bits per heavy atom. The predicted molar refractivity (Wildman–Crippen MR) is 90.9 cm³/mol. The van der Waals surface area contributed by atoms with Crippen molar-refractivity contribution in [1.82, 2.24) is 9.88 Å². The van der Waals surface area contributed by atoms with Crippen LogP contribution in [0.3, 0.4) is 0 Å². The van der Waals surface area contributed by atoms with E-state index in [4.69, 9.17) is 4.42 Å². The molecule has 1 saturated carbocycles. The van der Waals surface area contributed by atoms with Crippen LogP contribution < -0.4 is 5.56 Å². The largest absolute Gasteiger partial charge is 0.467 e. The molecule has 0 saturated heterocycles. The Labute approximate surface area is 138 Å². The standard InChI is InChI=1S/C19H18N2O3/c1-12(17-7-4-10-24-17)21(14-8-9-14)19(23)16-11-13-5-2-3-6-15(13)18(22)20-16/h2-7,10-12,14H,8-9H2,1H3,(H,20,22)/t12-/m0/s1. The van der Waals surface area contributed by atoms with Crippen LogP contribution >= 0.6 is 0 Å². The second kappa shape index (κ2) is 5.67. The number of rotatable bonds is 4. The maximum atomic E-state index is 13.1. The van der Waals surface area contributed by atoms with Crippen LogP contribution in [0.5, 0.6) is 0 Å². The number of pyridine rings is 1. The normalized spacial score (nSPS) is 15.4. The van der Waals surface area contributed by atoms with E-state index >= 15 is 0 Å². The van der Waals surface area contributed by atoms with Gasteiger partial charge in [0.2, 0.25) is 0 Å². The minimum atomic E-state index is -0.238. The number of aromatic nitrogens is 1. The van der Waals surface area contributed by atoms with Crippen molar-refractivity contribution in [2.24, 2.45) is 0 Å². The first kappa shape index (κ1) is 14.8. The number of hydrogen-bond donors (Lipinski definition) is 1. The van der Waals surface area contributed by atoms with Gasteiger partial charge in [0, 0.05) is 11.4 Å². The molecule has 5 heteroatoms. The lowest BCUT2D eigenvalue weighted by Crippen LogP contribution is -2.36. The van der Waals surface area contributed by atoms with Crippen LogP contribution in [0, 0.1) is 0 Å². The summed E-state index contributed by atoms with van der Waals surface area (Å²) in [6, 6.07) is 12.8. The zero-order valence-electron chi connectivity index (χ0n) is 13.4. The van der Waals surface area contributed by atoms with Crippen molar-refractivity contribution >= 4 is 16.7 Å². The van der Waals surface area contributed by atoms with Crippen LogP contribution in [0.1, 0.15) is 42.1 Å². The van der Waals surface area contributed by atoms with Crippen LogP contribution in [0.25, 0.3) is 10.8 Å². The van der Waals surface area contributed by atoms with Crippen molar-refractivity contribution in [2.75, 3.05) is 0 Å². The van der Waals surface area contributed by atoms with Crippen LogP contribution in [0.2, 0.25) is 0 Å². The number of hydrogen-bond acceptors (Lipinski definition) is 3. The fourth-order valence-electron chi connectivity index (χ4n) is 3.14. The summed E-state index contributed by atoms with van der Waals surface area (Å²) in [5.41, 5.74) is 0.0851. The Morgan fingerprint density at radius 3 is 2.75 bits per heavy atom. The van der Waals surface area contributed by atoms with Crippen molar-refractivity contribution in [3.05, 3.63) is 70.5 Å². The number of H-pyrrole nitrogens is 1. The molecule has 0 bridgehead atoms. The summed E-state index contributed by atoms with van der Waals surface area (Å²) in [7, 11) is 0. The van der Waals surface area contributed by atoms with Gasteiger partial charge in [-0.05, 0) is 49.4 Å². The lowest BCUT2D eigenvalue weighted by atomic mass is 10.1. The number of aromatic amines is 1. The van der Waals surface area contributed by atoms with E-state index in [0.29, 0.717) is 11.1 Å². The zero-order valence-corrected chi connectivity index (χ0v) is 13.4. The summed E-state index contributed by atoms with van der Waals surface area (Å²) in [6.45, 7) is 1.95. The van der Waals surface area contributed by atoms with E-state index in [9.17, 15) is 9.59 Å². The Balaban J connectivity index is 1.74. The van der Waals surface area contributed by atoms with Crippen molar-refractivity contribution < 1.29 is 9.21 Å². The first-order valence-corrected chi connectivity index (χ1v) is 8.13. The fourth-order valence-corrected chi connectivity index (χ4v) is 3.14. The van der Waals surface area contributed by atoms with Gasteiger partial charge in [-0.1, -0.05) is 18.2 Å². The Hall–Kier alpha value is -2.82. The molecule has 0 radical (unpaired) electrons. The summed E-state index contributed by atoms with van der Waals surface area (Å²) < 4.78 is 5.47. The van der Waals surface area contributed by atoms with Gasteiger partial charge in [-0.2, -0.15) is 0 Å². The zero-order chi connectivity index (χ0) is 16.7. The Bertz CT molecular complexity index is 939. The first-order chi connectivity index (χ1) is 11.6. The fraction of sp³-hybridized carbons (Fsp3) is 0.263. The van der Waals surface area contributed by atoms with Gasteiger partial charge in [0.25, 0.3) is 11.5 Å². The molecule has 2 heterocycles. The molecule has 1 fully saturated rings. The summed E-state index contributed by atoms with van der Waals surface area (Å²) in [6.07, 6.45) is 3.57. The number of amides is 1. The Morgan fingerprint density at radius 1 is 1.25 bits per heavy atom. The molecule has 1 atom stereocenters. The summed E-state index contributed by atoms with van der Waals surface area (Å²) in [5.74, 6) is 0.586. The number of nitrogens with zero attached hydrogens (tertiary/aromatic N) is 1. The van der Waals surface area contributed by atoms with Crippen LogP contribution in [0.4, 0.5) is 0 Å². The van der Waals surface area contributed by atoms with E-state index in [0.717, 1.165) is 24.0 Å². The van der Waals surface area contributed by atoms with E-state index in [1.165, 1.54) is 0 Å².